The molecule has 114 valence electrons. The normalized spacial score (nSPS) is 10.1. The Bertz CT molecular complexity index is 684. The third-order valence-electron chi connectivity index (χ3n) is 2.80. The Balaban J connectivity index is 1.91. The maximum absolute atomic E-state index is 13.0. The summed E-state index contributed by atoms with van der Waals surface area (Å²) in [6.45, 7) is 0.180. The number of thiocarbonyl (C=S) groups is 1. The fraction of sp³-hybridized carbons (Fsp3) is 0.0667. The van der Waals surface area contributed by atoms with Crippen LogP contribution in [0.15, 0.2) is 42.5 Å². The zero-order valence-corrected chi connectivity index (χ0v) is 12.2. The molecule has 4 nitrogen and oxygen atoms in total. The molecular formula is C15H13F2N3OS. The van der Waals surface area contributed by atoms with Crippen LogP contribution in [0.4, 0.5) is 14.5 Å². The number of amides is 1. The molecule has 0 aromatic heterocycles. The molecule has 4 N–H and O–H groups in total. The molecule has 0 fully saturated rings. The third-order valence-corrected chi connectivity index (χ3v) is 3.05. The van der Waals surface area contributed by atoms with Crippen molar-refractivity contribution in [1.29, 1.82) is 0 Å². The summed E-state index contributed by atoms with van der Waals surface area (Å²) >= 11 is 5.08. The van der Waals surface area contributed by atoms with Crippen molar-refractivity contribution in [2.24, 2.45) is 5.73 Å². The molecule has 2 rings (SSSR count). The molecule has 0 radical (unpaired) electrons. The molecule has 0 spiro atoms. The largest absolute Gasteiger partial charge is 0.366 e. The summed E-state index contributed by atoms with van der Waals surface area (Å²) in [6.07, 6.45) is 0. The molecular weight excluding hydrogens is 308 g/mol. The first-order valence-corrected chi connectivity index (χ1v) is 6.74. The number of halogens is 2. The van der Waals surface area contributed by atoms with Crippen LogP contribution in [0, 0.1) is 11.6 Å². The second-order valence-corrected chi connectivity index (χ2v) is 4.94. The van der Waals surface area contributed by atoms with E-state index in [0.29, 0.717) is 16.8 Å². The maximum atomic E-state index is 13.0. The quantitative estimate of drug-likeness (QED) is 0.757. The zero-order chi connectivity index (χ0) is 16.1. The summed E-state index contributed by atoms with van der Waals surface area (Å²) in [5.74, 6) is -1.80. The molecule has 0 heterocycles. The van der Waals surface area contributed by atoms with Gasteiger partial charge in [-0.05, 0) is 54.2 Å². The van der Waals surface area contributed by atoms with Gasteiger partial charge in [0.1, 0.15) is 11.6 Å². The van der Waals surface area contributed by atoms with E-state index in [0.717, 1.165) is 6.07 Å². The van der Waals surface area contributed by atoms with Crippen molar-refractivity contribution >= 4 is 28.9 Å². The molecule has 0 bridgehead atoms. The Morgan fingerprint density at radius 1 is 1.09 bits per heavy atom. The van der Waals surface area contributed by atoms with Crippen LogP contribution in [0.3, 0.4) is 0 Å². The predicted molar refractivity (Wildman–Crippen MR) is 84.4 cm³/mol. The van der Waals surface area contributed by atoms with Gasteiger partial charge in [-0.3, -0.25) is 4.79 Å². The van der Waals surface area contributed by atoms with Gasteiger partial charge in [0.15, 0.2) is 5.11 Å². The number of rotatable bonds is 4. The van der Waals surface area contributed by atoms with Gasteiger partial charge in [-0.15, -0.1) is 0 Å². The molecule has 2 aromatic carbocycles. The van der Waals surface area contributed by atoms with Gasteiger partial charge in [-0.1, -0.05) is 0 Å². The van der Waals surface area contributed by atoms with E-state index in [4.69, 9.17) is 18.0 Å². The van der Waals surface area contributed by atoms with Crippen LogP contribution in [-0.4, -0.2) is 11.0 Å². The van der Waals surface area contributed by atoms with Gasteiger partial charge in [-0.25, -0.2) is 8.78 Å². The number of benzene rings is 2. The summed E-state index contributed by atoms with van der Waals surface area (Å²) < 4.78 is 26.1. The third kappa shape index (κ3) is 4.49. The minimum absolute atomic E-state index is 0.180. The van der Waals surface area contributed by atoms with Gasteiger partial charge in [0.2, 0.25) is 5.91 Å². The van der Waals surface area contributed by atoms with Crippen molar-refractivity contribution < 1.29 is 13.6 Å². The van der Waals surface area contributed by atoms with E-state index in [-0.39, 0.29) is 11.7 Å². The maximum Gasteiger partial charge on any atom is 0.248 e. The second kappa shape index (κ2) is 6.95. The molecule has 7 heteroatoms. The van der Waals surface area contributed by atoms with Gasteiger partial charge >= 0.3 is 0 Å². The van der Waals surface area contributed by atoms with Crippen molar-refractivity contribution in [1.82, 2.24) is 5.32 Å². The zero-order valence-electron chi connectivity index (χ0n) is 11.4. The summed E-state index contributed by atoms with van der Waals surface area (Å²) in [6, 6.07) is 9.68. The summed E-state index contributed by atoms with van der Waals surface area (Å²) in [5, 5.41) is 6.01. The molecule has 22 heavy (non-hydrogen) atoms. The lowest BCUT2D eigenvalue weighted by atomic mass is 10.2. The lowest BCUT2D eigenvalue weighted by Gasteiger charge is -2.11. The van der Waals surface area contributed by atoms with Gasteiger partial charge < -0.3 is 16.4 Å². The molecule has 0 unspecified atom stereocenters. The van der Waals surface area contributed by atoms with Crippen LogP contribution < -0.4 is 16.4 Å². The van der Waals surface area contributed by atoms with Crippen molar-refractivity contribution in [3.8, 4) is 0 Å². The summed E-state index contributed by atoms with van der Waals surface area (Å²) in [7, 11) is 0. The Labute approximate surface area is 131 Å². The Morgan fingerprint density at radius 2 is 1.68 bits per heavy atom. The van der Waals surface area contributed by atoms with Crippen molar-refractivity contribution in [3.05, 3.63) is 65.2 Å². The molecule has 0 atom stereocenters. The molecule has 1 amide bonds. The van der Waals surface area contributed by atoms with Crippen LogP contribution in [0.2, 0.25) is 0 Å². The van der Waals surface area contributed by atoms with Gasteiger partial charge in [0.05, 0.1) is 0 Å². The highest BCUT2D eigenvalue weighted by Gasteiger charge is 2.03. The highest BCUT2D eigenvalue weighted by molar-refractivity contribution is 7.80. The van der Waals surface area contributed by atoms with E-state index < -0.39 is 17.5 Å². The average molecular weight is 321 g/mol. The molecule has 0 saturated carbocycles. The SMILES string of the molecule is NC(=O)c1ccc(NC(=S)NCc2cc(F)cc(F)c2)cc1. The Hall–Kier alpha value is -2.54. The molecule has 0 saturated heterocycles. The monoisotopic (exact) mass is 321 g/mol. The van der Waals surface area contributed by atoms with Crippen molar-refractivity contribution in [2.45, 2.75) is 6.54 Å². The molecule has 0 aliphatic carbocycles. The van der Waals surface area contributed by atoms with Gasteiger partial charge in [0, 0.05) is 23.9 Å². The van der Waals surface area contributed by atoms with Crippen LogP contribution in [0.5, 0.6) is 0 Å². The molecule has 0 aliphatic rings. The number of anilines is 1. The van der Waals surface area contributed by atoms with Crippen LogP contribution in [-0.2, 0) is 6.54 Å². The van der Waals surface area contributed by atoms with E-state index in [1.165, 1.54) is 12.1 Å². The first kappa shape index (κ1) is 15.8. The predicted octanol–water partition coefficient (Wildman–Crippen LogP) is 2.55. The van der Waals surface area contributed by atoms with E-state index in [9.17, 15) is 13.6 Å². The smallest absolute Gasteiger partial charge is 0.248 e. The first-order chi connectivity index (χ1) is 10.4. The summed E-state index contributed by atoms with van der Waals surface area (Å²) in [5.41, 5.74) is 6.63. The van der Waals surface area contributed by atoms with Gasteiger partial charge in [-0.2, -0.15) is 0 Å². The highest BCUT2D eigenvalue weighted by atomic mass is 32.1. The molecule has 0 aliphatic heterocycles. The average Bonchev–Trinajstić information content (AvgIpc) is 2.45. The standard InChI is InChI=1S/C15H13F2N3OS/c16-11-5-9(6-12(17)7-11)8-19-15(22)20-13-3-1-10(2-4-13)14(18)21/h1-7H,8H2,(H2,18,21)(H2,19,20,22). The number of carbonyl (C=O) groups excluding carboxylic acids is 1. The second-order valence-electron chi connectivity index (χ2n) is 4.53. The first-order valence-electron chi connectivity index (χ1n) is 6.34. The van der Waals surface area contributed by atoms with E-state index in [2.05, 4.69) is 10.6 Å². The lowest BCUT2D eigenvalue weighted by Crippen LogP contribution is -2.28. The summed E-state index contributed by atoms with van der Waals surface area (Å²) in [4.78, 5) is 11.0. The lowest BCUT2D eigenvalue weighted by molar-refractivity contribution is 0.100. The minimum Gasteiger partial charge on any atom is -0.366 e. The van der Waals surface area contributed by atoms with Crippen LogP contribution in [0.25, 0.3) is 0 Å². The van der Waals surface area contributed by atoms with E-state index in [1.54, 1.807) is 24.3 Å². The number of carbonyl (C=O) groups is 1. The van der Waals surface area contributed by atoms with Crippen molar-refractivity contribution in [2.75, 3.05) is 5.32 Å². The topological polar surface area (TPSA) is 67.2 Å². The van der Waals surface area contributed by atoms with E-state index >= 15 is 0 Å². The van der Waals surface area contributed by atoms with Gasteiger partial charge in [0.25, 0.3) is 0 Å². The number of nitrogens with two attached hydrogens (primary N) is 1. The van der Waals surface area contributed by atoms with Crippen molar-refractivity contribution in [3.63, 3.8) is 0 Å². The Kier molecular flexibility index (Phi) is 5.00. The molecule has 2 aromatic rings. The minimum atomic E-state index is -0.641. The number of hydrogen-bond acceptors (Lipinski definition) is 2. The number of primary amides is 1. The number of hydrogen-bond donors (Lipinski definition) is 3. The number of nitrogens with one attached hydrogen (secondary N) is 2. The fourth-order valence-corrected chi connectivity index (χ4v) is 1.98. The van der Waals surface area contributed by atoms with Crippen LogP contribution in [0.1, 0.15) is 15.9 Å². The highest BCUT2D eigenvalue weighted by Crippen LogP contribution is 2.10. The van der Waals surface area contributed by atoms with Crippen LogP contribution >= 0.6 is 12.2 Å². The Morgan fingerprint density at radius 3 is 2.23 bits per heavy atom. The van der Waals surface area contributed by atoms with E-state index in [1.807, 2.05) is 0 Å². The fourth-order valence-electron chi connectivity index (χ4n) is 1.79.